The summed E-state index contributed by atoms with van der Waals surface area (Å²) in [7, 11) is 0. The highest BCUT2D eigenvalue weighted by molar-refractivity contribution is 8.18. The molecule has 1 saturated heterocycles. The van der Waals surface area contributed by atoms with Crippen molar-refractivity contribution in [3.63, 3.8) is 0 Å². The van der Waals surface area contributed by atoms with Crippen LogP contribution in [-0.2, 0) is 34.3 Å². The molecule has 2 atom stereocenters. The maximum Gasteiger partial charge on any atom is 0.413 e. The lowest BCUT2D eigenvalue weighted by Gasteiger charge is -2.49. The zero-order valence-corrected chi connectivity index (χ0v) is 41.7. The number of ether oxygens (including phenoxy) is 2. The molecule has 0 bridgehead atoms. The van der Waals surface area contributed by atoms with E-state index in [-0.39, 0.29) is 22.2 Å². The Bertz CT molecular complexity index is 2890. The third-order valence-corrected chi connectivity index (χ3v) is 15.4. The van der Waals surface area contributed by atoms with Crippen LogP contribution in [0.2, 0.25) is 0 Å². The number of amides is 3. The lowest BCUT2D eigenvalue weighted by molar-refractivity contribution is -0.154. The molecule has 2 aliphatic rings. The van der Waals surface area contributed by atoms with E-state index in [1.807, 2.05) is 152 Å². The molecule has 0 unspecified atom stereocenters. The van der Waals surface area contributed by atoms with Crippen LogP contribution >= 0.6 is 46.6 Å². The molecule has 0 spiro atoms. The summed E-state index contributed by atoms with van der Waals surface area (Å²) in [5.74, 6) is -1.68. The number of hydrogen-bond donors (Lipinski definition) is 3. The number of esters is 1. The number of benzene rings is 5. The number of nitrogens with zero attached hydrogens (tertiary/aromatic N) is 5. The highest BCUT2D eigenvalue weighted by Gasteiger charge is 2.55. The first kappa shape index (κ1) is 48.8. The average molecular weight is 1020 g/mol. The van der Waals surface area contributed by atoms with Crippen LogP contribution in [0.5, 0.6) is 0 Å². The first-order valence-electron chi connectivity index (χ1n) is 22.3. The largest absolute Gasteiger partial charge is 0.448 e. The highest BCUT2D eigenvalue weighted by atomic mass is 32.2. The van der Waals surface area contributed by atoms with Gasteiger partial charge in [0.15, 0.2) is 22.1 Å². The summed E-state index contributed by atoms with van der Waals surface area (Å²) in [5.41, 5.74) is 1.36. The molecule has 9 rings (SSSR count). The summed E-state index contributed by atoms with van der Waals surface area (Å²) < 4.78 is 11.8. The topological polar surface area (TPSA) is 190 Å². The van der Waals surface area contributed by atoms with Crippen molar-refractivity contribution in [1.29, 1.82) is 0 Å². The molecule has 0 radical (unpaired) electrons. The summed E-state index contributed by atoms with van der Waals surface area (Å²) in [6.07, 6.45) is -0.105. The zero-order chi connectivity index (χ0) is 49.4. The van der Waals surface area contributed by atoms with Gasteiger partial charge in [-0.3, -0.25) is 24.9 Å². The van der Waals surface area contributed by atoms with Gasteiger partial charge in [0.05, 0.1) is 5.08 Å². The molecule has 0 saturated carbocycles. The molecule has 3 amide bonds. The summed E-state index contributed by atoms with van der Waals surface area (Å²) in [5, 5.41) is 19.0. The van der Waals surface area contributed by atoms with E-state index < -0.39 is 52.6 Å². The van der Waals surface area contributed by atoms with Crippen molar-refractivity contribution in [3.8, 4) is 0 Å². The van der Waals surface area contributed by atoms with E-state index in [2.05, 4.69) is 36.0 Å². The molecular weight excluding hydrogens is 977 g/mol. The minimum Gasteiger partial charge on any atom is -0.448 e. The first-order chi connectivity index (χ1) is 34.5. The molecule has 4 heterocycles. The molecule has 71 heavy (non-hydrogen) atoms. The number of carbonyl (C=O) groups is 4. The second kappa shape index (κ2) is 21.8. The van der Waals surface area contributed by atoms with Gasteiger partial charge in [-0.1, -0.05) is 169 Å². The smallest absolute Gasteiger partial charge is 0.413 e. The van der Waals surface area contributed by atoms with Crippen LogP contribution in [0.3, 0.4) is 0 Å². The molecule has 2 aromatic heterocycles. The molecule has 19 heteroatoms. The van der Waals surface area contributed by atoms with Gasteiger partial charge in [0.25, 0.3) is 11.8 Å². The number of fused-ring (bicyclic) bond motifs is 1. The van der Waals surface area contributed by atoms with Crippen LogP contribution in [0.1, 0.15) is 60.4 Å². The Balaban J connectivity index is 1.05. The zero-order valence-electron chi connectivity index (χ0n) is 38.5. The second-order valence-electron chi connectivity index (χ2n) is 16.9. The maximum absolute atomic E-state index is 14.9. The summed E-state index contributed by atoms with van der Waals surface area (Å²) in [6.45, 7) is 5.22. The van der Waals surface area contributed by atoms with Gasteiger partial charge in [-0.25, -0.2) is 19.6 Å². The van der Waals surface area contributed by atoms with E-state index >= 15 is 0 Å². The van der Waals surface area contributed by atoms with Crippen LogP contribution in [0.25, 0.3) is 0 Å². The number of anilines is 1. The maximum atomic E-state index is 14.9. The van der Waals surface area contributed by atoms with Crippen LogP contribution in [0, 0.1) is 0 Å². The molecular formula is C52H46N8O7S4. The Kier molecular flexibility index (Phi) is 15.0. The highest BCUT2D eigenvalue weighted by Crippen LogP contribution is 2.46. The van der Waals surface area contributed by atoms with E-state index in [9.17, 15) is 19.2 Å². The van der Waals surface area contributed by atoms with Gasteiger partial charge in [0.2, 0.25) is 5.60 Å². The fraction of sp³-hybridized carbons (Fsp3) is 0.192. The number of carbonyl (C=O) groups excluding carboxylic acids is 4. The lowest BCUT2D eigenvalue weighted by Crippen LogP contribution is -2.71. The second-order valence-corrected chi connectivity index (χ2v) is 21.3. The molecule has 5 aromatic carbocycles. The molecule has 3 N–H and O–H groups in total. The molecule has 15 nitrogen and oxygen atoms in total. The molecule has 7 aromatic rings. The number of aromatic nitrogens is 4. The van der Waals surface area contributed by atoms with Crippen molar-refractivity contribution in [1.82, 2.24) is 30.4 Å². The van der Waals surface area contributed by atoms with Gasteiger partial charge in [-0.15, -0.1) is 34.9 Å². The van der Waals surface area contributed by atoms with Crippen molar-refractivity contribution in [2.75, 3.05) is 16.2 Å². The van der Waals surface area contributed by atoms with Gasteiger partial charge in [-0.05, 0) is 31.9 Å². The van der Waals surface area contributed by atoms with Crippen molar-refractivity contribution >= 4 is 81.3 Å². The summed E-state index contributed by atoms with van der Waals surface area (Å²) in [6, 6.07) is 46.2. The van der Waals surface area contributed by atoms with Crippen molar-refractivity contribution in [3.05, 3.63) is 207 Å². The SMILES string of the molecule is CC(C)(C)OC(=O)Nc1nc(/C(=N/OC(c2ccccc2)(c2ccccc2)c2ccccc2)C(=O)N[C@@H]2C(=O)N3C(C(=O)OC(c4ccccc4)c4ccccc4)=C(SCSc4ncn[nH]4)CS[C@H]23)cs1. The Hall–Kier alpha value is -7.19. The predicted octanol–water partition coefficient (Wildman–Crippen LogP) is 9.75. The average Bonchev–Trinajstić information content (AvgIpc) is 4.09. The molecule has 360 valence electrons. The lowest BCUT2D eigenvalue weighted by atomic mass is 9.80. The van der Waals surface area contributed by atoms with Crippen molar-refractivity contribution in [2.24, 2.45) is 5.16 Å². The quantitative estimate of drug-likeness (QED) is 0.0149. The molecule has 1 fully saturated rings. The minimum absolute atomic E-state index is 0.0570. The predicted molar refractivity (Wildman–Crippen MR) is 276 cm³/mol. The minimum atomic E-state index is -1.39. The van der Waals surface area contributed by atoms with Crippen molar-refractivity contribution < 1.29 is 33.5 Å². The van der Waals surface area contributed by atoms with E-state index in [0.717, 1.165) is 39.2 Å². The number of thiazole rings is 1. The van der Waals surface area contributed by atoms with E-state index in [1.165, 1.54) is 46.5 Å². The van der Waals surface area contributed by atoms with E-state index in [1.54, 1.807) is 26.2 Å². The Labute approximate surface area is 426 Å². The Morgan fingerprint density at radius 3 is 1.92 bits per heavy atom. The van der Waals surface area contributed by atoms with Crippen LogP contribution < -0.4 is 10.6 Å². The standard InChI is InChI=1S/C52H46N8O7S4/c1-51(2,3)66-50(64)57-49-55-38(29-69-49)40(59-67-52(35-23-13-6-14-24-35,36-25-15-7-16-26-36)37-27-17-8-18-28-37)44(61)56-41-45(62)60-42(39(30-68-46(41)60)70-32-71-48-53-31-54-58-48)47(63)65-43(33-19-9-4-10-20-33)34-21-11-5-12-22-34/h4-29,31,41,43,46H,30,32H2,1-3H3,(H,56,61)(H,53,54,58)(H,55,57,64)/b59-40-/t41-,46-/m1/s1. The number of aromatic amines is 1. The third-order valence-electron chi connectivity index (χ3n) is 11.0. The summed E-state index contributed by atoms with van der Waals surface area (Å²) in [4.78, 5) is 74.7. The van der Waals surface area contributed by atoms with Gasteiger partial charge in [0, 0.05) is 32.7 Å². The van der Waals surface area contributed by atoms with Crippen LogP contribution in [0.4, 0.5) is 9.93 Å². The number of oxime groups is 1. The van der Waals surface area contributed by atoms with Gasteiger partial charge in [0.1, 0.15) is 34.7 Å². The third kappa shape index (κ3) is 11.1. The van der Waals surface area contributed by atoms with Crippen LogP contribution in [0.15, 0.2) is 184 Å². The first-order valence-corrected chi connectivity index (χ1v) is 26.2. The normalized spacial score (nSPS) is 15.9. The molecule has 0 aliphatic carbocycles. The molecule has 2 aliphatic heterocycles. The number of H-pyrrole nitrogens is 1. The van der Waals surface area contributed by atoms with Gasteiger partial charge >= 0.3 is 12.1 Å². The van der Waals surface area contributed by atoms with E-state index in [0.29, 0.717) is 20.9 Å². The summed E-state index contributed by atoms with van der Waals surface area (Å²) >= 11 is 5.24. The monoisotopic (exact) mass is 1020 g/mol. The fourth-order valence-electron chi connectivity index (χ4n) is 7.89. The fourth-order valence-corrected chi connectivity index (χ4v) is 12.1. The van der Waals surface area contributed by atoms with Gasteiger partial charge in [-0.2, -0.15) is 5.10 Å². The van der Waals surface area contributed by atoms with E-state index in [4.69, 9.17) is 14.3 Å². The number of β-lactam (4-membered cyclic amide) rings is 1. The number of thioether (sulfide) groups is 3. The number of rotatable bonds is 17. The van der Waals surface area contributed by atoms with Gasteiger partial charge < -0.3 is 19.6 Å². The number of hydrogen-bond acceptors (Lipinski definition) is 15. The van der Waals surface area contributed by atoms with Crippen molar-refractivity contribution in [2.45, 2.75) is 54.6 Å². The Morgan fingerprint density at radius 2 is 1.38 bits per heavy atom. The van der Waals surface area contributed by atoms with Crippen LogP contribution in [-0.4, -0.2) is 82.5 Å². The Morgan fingerprint density at radius 1 is 0.817 bits per heavy atom. The number of nitrogens with one attached hydrogen (secondary N) is 3.